The van der Waals surface area contributed by atoms with Gasteiger partial charge in [0.2, 0.25) is 5.75 Å². The van der Waals surface area contributed by atoms with Crippen molar-refractivity contribution in [2.75, 3.05) is 5.73 Å². The minimum Gasteiger partial charge on any atom is -0.427 e. The number of ether oxygens (including phenoxy) is 1. The number of Topliss-reactive ketones (excluding diaryl/α,β-unsaturated/α-hetero) is 1. The predicted molar refractivity (Wildman–Crippen MR) is 54.1 cm³/mol. The number of carbonyl (C=O) groups excluding carboxylic acids is 1. The second-order valence-corrected chi connectivity index (χ2v) is 3.11. The lowest BCUT2D eigenvalue weighted by Gasteiger charge is -2.09. The average molecular weight is 246 g/mol. The quantitative estimate of drug-likeness (QED) is 0.379. The molecule has 0 unspecified atom stereocenters. The first-order valence-corrected chi connectivity index (χ1v) is 4.36. The highest BCUT2D eigenvalue weighted by molar-refractivity contribution is 5.99. The van der Waals surface area contributed by atoms with E-state index in [1.165, 1.54) is 0 Å². The van der Waals surface area contributed by atoms with Crippen LogP contribution in [0.4, 0.5) is 20.2 Å². The standard InChI is InChI=1S/C9H8F2N2O4/c1-4(14)6-2-5(12)3-7(13(15)16)8(6)17-9(10)11/h2-3,9H,12H2,1H3. The molecule has 17 heavy (non-hydrogen) atoms. The molecule has 0 atom stereocenters. The number of ketones is 1. The van der Waals surface area contributed by atoms with Crippen molar-refractivity contribution >= 4 is 17.2 Å². The maximum Gasteiger partial charge on any atom is 0.387 e. The van der Waals surface area contributed by atoms with E-state index >= 15 is 0 Å². The summed E-state index contributed by atoms with van der Waals surface area (Å²) < 4.78 is 28.2. The maximum atomic E-state index is 12.1. The van der Waals surface area contributed by atoms with Crippen molar-refractivity contribution in [3.05, 3.63) is 27.8 Å². The maximum absolute atomic E-state index is 12.1. The third kappa shape index (κ3) is 2.86. The second kappa shape index (κ2) is 4.73. The number of hydrogen-bond acceptors (Lipinski definition) is 5. The molecule has 6 nitrogen and oxygen atoms in total. The molecule has 0 amide bonds. The number of carbonyl (C=O) groups is 1. The summed E-state index contributed by atoms with van der Waals surface area (Å²) in [6, 6.07) is 1.90. The van der Waals surface area contributed by atoms with Gasteiger partial charge in [-0.3, -0.25) is 14.9 Å². The number of nitro groups is 1. The fraction of sp³-hybridized carbons (Fsp3) is 0.222. The zero-order valence-electron chi connectivity index (χ0n) is 8.65. The van der Waals surface area contributed by atoms with Crippen LogP contribution in [0.1, 0.15) is 17.3 Å². The molecule has 0 aromatic heterocycles. The van der Waals surface area contributed by atoms with Gasteiger partial charge in [0.05, 0.1) is 10.5 Å². The first-order chi connectivity index (χ1) is 7.82. The lowest BCUT2D eigenvalue weighted by molar-refractivity contribution is -0.386. The van der Waals surface area contributed by atoms with Gasteiger partial charge in [0.25, 0.3) is 0 Å². The topological polar surface area (TPSA) is 95.5 Å². The van der Waals surface area contributed by atoms with Crippen molar-refractivity contribution in [2.24, 2.45) is 0 Å². The molecule has 1 rings (SSSR count). The van der Waals surface area contributed by atoms with Crippen molar-refractivity contribution in [3.63, 3.8) is 0 Å². The number of hydrogen-bond donors (Lipinski definition) is 1. The molecule has 0 radical (unpaired) electrons. The fourth-order valence-electron chi connectivity index (χ4n) is 1.25. The molecule has 1 aromatic rings. The van der Waals surface area contributed by atoms with E-state index in [9.17, 15) is 23.7 Å². The summed E-state index contributed by atoms with van der Waals surface area (Å²) in [6.07, 6.45) is 0. The third-order valence-electron chi connectivity index (χ3n) is 1.87. The van der Waals surface area contributed by atoms with Crippen molar-refractivity contribution in [3.8, 4) is 5.75 Å². The summed E-state index contributed by atoms with van der Waals surface area (Å²) in [5.74, 6) is -1.43. The van der Waals surface area contributed by atoms with Crippen LogP contribution in [0.3, 0.4) is 0 Å². The molecular formula is C9H8F2N2O4. The highest BCUT2D eigenvalue weighted by atomic mass is 19.3. The molecule has 92 valence electrons. The van der Waals surface area contributed by atoms with Crippen LogP contribution < -0.4 is 10.5 Å². The number of alkyl halides is 2. The number of nitrogens with zero attached hydrogens (tertiary/aromatic N) is 1. The number of benzene rings is 1. The number of nitrogens with two attached hydrogens (primary N) is 1. The van der Waals surface area contributed by atoms with Gasteiger partial charge in [-0.1, -0.05) is 0 Å². The van der Waals surface area contributed by atoms with Crippen LogP contribution in [0.15, 0.2) is 12.1 Å². The first-order valence-electron chi connectivity index (χ1n) is 4.36. The van der Waals surface area contributed by atoms with Gasteiger partial charge in [-0.15, -0.1) is 0 Å². The van der Waals surface area contributed by atoms with E-state index in [2.05, 4.69) is 4.74 Å². The molecular weight excluding hydrogens is 238 g/mol. The van der Waals surface area contributed by atoms with Gasteiger partial charge in [0.15, 0.2) is 5.78 Å². The van der Waals surface area contributed by atoms with E-state index in [4.69, 9.17) is 5.73 Å². The monoisotopic (exact) mass is 246 g/mol. The van der Waals surface area contributed by atoms with Crippen LogP contribution >= 0.6 is 0 Å². The summed E-state index contributed by atoms with van der Waals surface area (Å²) in [7, 11) is 0. The molecule has 0 saturated carbocycles. The average Bonchev–Trinajstić information content (AvgIpc) is 2.18. The van der Waals surface area contributed by atoms with Crippen molar-refractivity contribution in [1.82, 2.24) is 0 Å². The number of nitrogen functional groups attached to an aromatic ring is 1. The molecule has 0 spiro atoms. The Morgan fingerprint density at radius 1 is 1.53 bits per heavy atom. The molecule has 0 heterocycles. The fourth-order valence-corrected chi connectivity index (χ4v) is 1.25. The molecule has 0 aliphatic carbocycles. The van der Waals surface area contributed by atoms with Crippen molar-refractivity contribution in [2.45, 2.75) is 13.5 Å². The Morgan fingerprint density at radius 3 is 2.53 bits per heavy atom. The zero-order chi connectivity index (χ0) is 13.2. The summed E-state index contributed by atoms with van der Waals surface area (Å²) in [4.78, 5) is 20.9. The third-order valence-corrected chi connectivity index (χ3v) is 1.87. The van der Waals surface area contributed by atoms with Crippen molar-refractivity contribution in [1.29, 1.82) is 0 Å². The predicted octanol–water partition coefficient (Wildman–Crippen LogP) is 1.98. The minimum absolute atomic E-state index is 0.0801. The summed E-state index contributed by atoms with van der Waals surface area (Å²) >= 11 is 0. The van der Waals surface area contributed by atoms with E-state index in [1.807, 2.05) is 0 Å². The van der Waals surface area contributed by atoms with E-state index in [-0.39, 0.29) is 11.3 Å². The van der Waals surface area contributed by atoms with E-state index < -0.39 is 28.8 Å². The second-order valence-electron chi connectivity index (χ2n) is 3.11. The Hall–Kier alpha value is -2.25. The zero-order valence-corrected chi connectivity index (χ0v) is 8.65. The minimum atomic E-state index is -3.27. The smallest absolute Gasteiger partial charge is 0.387 e. The highest BCUT2D eigenvalue weighted by Gasteiger charge is 2.25. The van der Waals surface area contributed by atoms with Crippen LogP contribution in [-0.2, 0) is 0 Å². The van der Waals surface area contributed by atoms with Crippen molar-refractivity contribution < 1.29 is 23.2 Å². The Bertz CT molecular complexity index is 441. The van der Waals surface area contributed by atoms with E-state index in [0.29, 0.717) is 0 Å². The van der Waals surface area contributed by atoms with Gasteiger partial charge in [0.1, 0.15) is 0 Å². The van der Waals surface area contributed by atoms with Crippen LogP contribution in [0.2, 0.25) is 0 Å². The number of rotatable bonds is 4. The normalized spacial score (nSPS) is 10.4. The SMILES string of the molecule is CC(=O)c1cc(N)cc([N+](=O)[O-])c1OC(F)F. The summed E-state index contributed by atoms with van der Waals surface area (Å²) in [6.45, 7) is -2.20. The van der Waals surface area contributed by atoms with Gasteiger partial charge in [-0.25, -0.2) is 0 Å². The van der Waals surface area contributed by atoms with E-state index in [1.54, 1.807) is 0 Å². The van der Waals surface area contributed by atoms with Gasteiger partial charge in [-0.05, 0) is 13.0 Å². The molecule has 0 bridgehead atoms. The molecule has 0 aliphatic heterocycles. The first kappa shape index (κ1) is 12.8. The summed E-state index contributed by atoms with van der Waals surface area (Å²) in [5.41, 5.74) is 4.14. The van der Waals surface area contributed by atoms with Gasteiger partial charge in [0, 0.05) is 11.8 Å². The molecule has 0 fully saturated rings. The lowest BCUT2D eigenvalue weighted by atomic mass is 10.1. The number of halogens is 2. The molecule has 2 N–H and O–H groups in total. The van der Waals surface area contributed by atoms with Gasteiger partial charge >= 0.3 is 12.3 Å². The molecule has 1 aromatic carbocycles. The number of anilines is 1. The summed E-state index contributed by atoms with van der Waals surface area (Å²) in [5, 5.41) is 10.6. The van der Waals surface area contributed by atoms with Gasteiger partial charge in [-0.2, -0.15) is 8.78 Å². The molecule has 8 heteroatoms. The Balaban J connectivity index is 3.47. The van der Waals surface area contributed by atoms with Crippen LogP contribution in [0.25, 0.3) is 0 Å². The lowest BCUT2D eigenvalue weighted by Crippen LogP contribution is -2.09. The highest BCUT2D eigenvalue weighted by Crippen LogP contribution is 2.35. The number of nitro benzene ring substituents is 1. The molecule has 0 saturated heterocycles. The Kier molecular flexibility index (Phi) is 3.56. The largest absolute Gasteiger partial charge is 0.427 e. The van der Waals surface area contributed by atoms with Crippen LogP contribution in [0.5, 0.6) is 5.75 Å². The Labute approximate surface area is 94.1 Å². The Morgan fingerprint density at radius 2 is 2.12 bits per heavy atom. The van der Waals surface area contributed by atoms with Gasteiger partial charge < -0.3 is 10.5 Å². The van der Waals surface area contributed by atoms with E-state index in [0.717, 1.165) is 19.1 Å². The van der Waals surface area contributed by atoms with Crippen LogP contribution in [0, 0.1) is 10.1 Å². The molecule has 0 aliphatic rings. The van der Waals surface area contributed by atoms with Crippen LogP contribution in [-0.4, -0.2) is 17.3 Å².